The van der Waals surface area contributed by atoms with Gasteiger partial charge in [-0.3, -0.25) is 0 Å². The van der Waals surface area contributed by atoms with Gasteiger partial charge in [-0.1, -0.05) is 32.3 Å². The van der Waals surface area contributed by atoms with E-state index in [1.165, 1.54) is 31.8 Å². The van der Waals surface area contributed by atoms with Gasteiger partial charge in [-0.2, -0.15) is 0 Å². The molecular formula is C12H18O2. The summed E-state index contributed by atoms with van der Waals surface area (Å²) in [6, 6.07) is 0. The lowest BCUT2D eigenvalue weighted by atomic mass is 10.1. The third kappa shape index (κ3) is 4.26. The maximum absolute atomic E-state index is 10.7. The molecule has 78 valence electrons. The molecule has 0 fully saturated rings. The molecule has 2 heteroatoms. The molecule has 1 heterocycles. The van der Waals surface area contributed by atoms with Gasteiger partial charge in [0.15, 0.2) is 0 Å². The van der Waals surface area contributed by atoms with E-state index in [2.05, 4.69) is 13.0 Å². The smallest absolute Gasteiger partial charge is 0.331 e. The molecule has 0 aromatic heterocycles. The summed E-state index contributed by atoms with van der Waals surface area (Å²) < 4.78 is 4.95. The van der Waals surface area contributed by atoms with Crippen molar-refractivity contribution < 1.29 is 9.53 Å². The molecule has 0 spiro atoms. The molecule has 1 rings (SSSR count). The molecular weight excluding hydrogens is 176 g/mol. The molecule has 0 aromatic carbocycles. The van der Waals surface area contributed by atoms with Gasteiger partial charge in [0, 0.05) is 6.08 Å². The first-order valence-corrected chi connectivity index (χ1v) is 5.38. The highest BCUT2D eigenvalue weighted by atomic mass is 16.5. The van der Waals surface area contributed by atoms with Gasteiger partial charge in [-0.25, -0.2) is 4.79 Å². The van der Waals surface area contributed by atoms with E-state index in [1.807, 2.05) is 6.08 Å². The van der Waals surface area contributed by atoms with Crippen molar-refractivity contribution in [1.82, 2.24) is 0 Å². The van der Waals surface area contributed by atoms with Crippen molar-refractivity contribution >= 4 is 5.97 Å². The number of ether oxygens (including phenoxy) is 1. The van der Waals surface area contributed by atoms with Crippen LogP contribution in [0.25, 0.3) is 0 Å². The van der Waals surface area contributed by atoms with Gasteiger partial charge < -0.3 is 4.74 Å². The molecule has 0 saturated heterocycles. The van der Waals surface area contributed by atoms with Crippen LogP contribution < -0.4 is 0 Å². The maximum Gasteiger partial charge on any atom is 0.331 e. The molecule has 0 radical (unpaired) electrons. The Kier molecular flexibility index (Phi) is 5.05. The van der Waals surface area contributed by atoms with Crippen LogP contribution in [0.2, 0.25) is 0 Å². The van der Waals surface area contributed by atoms with Crippen molar-refractivity contribution in [3.8, 4) is 0 Å². The third-order valence-corrected chi connectivity index (χ3v) is 2.22. The number of carbonyl (C=O) groups excluding carboxylic acids is 1. The Morgan fingerprint density at radius 2 is 2.29 bits per heavy atom. The fraction of sp³-hybridized carbons (Fsp3) is 0.583. The Balaban J connectivity index is 2.03. The highest BCUT2D eigenvalue weighted by Gasteiger charge is 2.12. The summed E-state index contributed by atoms with van der Waals surface area (Å²) in [6.45, 7) is 2.21. The number of hydrogen-bond acceptors (Lipinski definition) is 2. The minimum atomic E-state index is -0.231. The fourth-order valence-corrected chi connectivity index (χ4v) is 1.41. The quantitative estimate of drug-likeness (QED) is 0.369. The molecule has 14 heavy (non-hydrogen) atoms. The van der Waals surface area contributed by atoms with E-state index in [4.69, 9.17) is 4.74 Å². The lowest BCUT2D eigenvalue weighted by molar-refractivity contribution is -0.137. The number of allylic oxidation sites excluding steroid dienone is 1. The first-order chi connectivity index (χ1) is 6.83. The van der Waals surface area contributed by atoms with Gasteiger partial charge >= 0.3 is 5.97 Å². The molecule has 1 aliphatic heterocycles. The zero-order chi connectivity index (χ0) is 10.2. The zero-order valence-electron chi connectivity index (χ0n) is 8.74. The van der Waals surface area contributed by atoms with Crippen LogP contribution in [0, 0.1) is 0 Å². The Bertz CT molecular complexity index is 228. The number of esters is 1. The Labute approximate surface area is 85.6 Å². The third-order valence-electron chi connectivity index (χ3n) is 2.22. The van der Waals surface area contributed by atoms with E-state index in [9.17, 15) is 4.79 Å². The molecule has 0 unspecified atom stereocenters. The molecule has 1 atom stereocenters. The van der Waals surface area contributed by atoms with Crippen LogP contribution in [0.5, 0.6) is 0 Å². The molecule has 0 amide bonds. The van der Waals surface area contributed by atoms with Gasteiger partial charge in [0.1, 0.15) is 6.10 Å². The summed E-state index contributed by atoms with van der Waals surface area (Å²) in [5.41, 5.74) is 0. The predicted octanol–water partition coefficient (Wildman–Crippen LogP) is 2.99. The van der Waals surface area contributed by atoms with Gasteiger partial charge in [0.05, 0.1) is 0 Å². The molecule has 1 aliphatic rings. The van der Waals surface area contributed by atoms with Crippen LogP contribution >= 0.6 is 0 Å². The number of unbranched alkanes of at least 4 members (excludes halogenated alkanes) is 4. The molecule has 0 aliphatic carbocycles. The Hall–Kier alpha value is -1.05. The van der Waals surface area contributed by atoms with Crippen molar-refractivity contribution in [3.63, 3.8) is 0 Å². The van der Waals surface area contributed by atoms with Crippen molar-refractivity contribution in [1.29, 1.82) is 0 Å². The van der Waals surface area contributed by atoms with E-state index >= 15 is 0 Å². The summed E-state index contributed by atoms with van der Waals surface area (Å²) in [4.78, 5) is 10.7. The number of cyclic esters (lactones) is 1. The fourth-order valence-electron chi connectivity index (χ4n) is 1.41. The number of rotatable bonds is 6. The Morgan fingerprint density at radius 1 is 1.43 bits per heavy atom. The van der Waals surface area contributed by atoms with Crippen LogP contribution in [0.4, 0.5) is 0 Å². The zero-order valence-corrected chi connectivity index (χ0v) is 8.74. The van der Waals surface area contributed by atoms with Crippen LogP contribution in [-0.2, 0) is 9.53 Å². The first kappa shape index (κ1) is 11.0. The van der Waals surface area contributed by atoms with Crippen LogP contribution in [0.1, 0.15) is 39.0 Å². The Morgan fingerprint density at radius 3 is 2.93 bits per heavy atom. The van der Waals surface area contributed by atoms with E-state index in [0.29, 0.717) is 0 Å². The molecule has 0 N–H and O–H groups in total. The highest BCUT2D eigenvalue weighted by Crippen LogP contribution is 2.08. The lowest BCUT2D eigenvalue weighted by Gasteiger charge is -2.00. The second-order valence-electron chi connectivity index (χ2n) is 3.54. The van der Waals surface area contributed by atoms with Gasteiger partial charge in [-0.15, -0.1) is 0 Å². The van der Waals surface area contributed by atoms with Crippen LogP contribution in [0.3, 0.4) is 0 Å². The summed E-state index contributed by atoms with van der Waals surface area (Å²) in [7, 11) is 0. The van der Waals surface area contributed by atoms with Crippen molar-refractivity contribution in [2.24, 2.45) is 0 Å². The minimum Gasteiger partial charge on any atom is -0.451 e. The largest absolute Gasteiger partial charge is 0.451 e. The second-order valence-corrected chi connectivity index (χ2v) is 3.54. The van der Waals surface area contributed by atoms with Gasteiger partial charge in [-0.05, 0) is 25.0 Å². The second kappa shape index (κ2) is 6.41. The van der Waals surface area contributed by atoms with Crippen LogP contribution in [0.15, 0.2) is 24.3 Å². The van der Waals surface area contributed by atoms with Crippen molar-refractivity contribution in [2.45, 2.75) is 45.1 Å². The topological polar surface area (TPSA) is 26.3 Å². The van der Waals surface area contributed by atoms with E-state index in [0.717, 1.165) is 6.42 Å². The monoisotopic (exact) mass is 194 g/mol. The number of carbonyl (C=O) groups is 1. The van der Waals surface area contributed by atoms with Crippen LogP contribution in [-0.4, -0.2) is 12.1 Å². The average Bonchev–Trinajstić information content (AvgIpc) is 2.58. The standard InChI is InChI=1S/C12H18O2/c1-2-3-4-5-6-7-8-11-9-10-12(13)14-11/h7-11H,2-6H2,1H3/t11-/m0/s1. The average molecular weight is 194 g/mol. The maximum atomic E-state index is 10.7. The van der Waals surface area contributed by atoms with E-state index in [-0.39, 0.29) is 12.1 Å². The highest BCUT2D eigenvalue weighted by molar-refractivity contribution is 5.84. The van der Waals surface area contributed by atoms with Gasteiger partial charge in [0.2, 0.25) is 0 Å². The van der Waals surface area contributed by atoms with E-state index in [1.54, 1.807) is 6.08 Å². The predicted molar refractivity (Wildman–Crippen MR) is 56.9 cm³/mol. The number of hydrogen-bond donors (Lipinski definition) is 0. The first-order valence-electron chi connectivity index (χ1n) is 5.38. The summed E-state index contributed by atoms with van der Waals surface area (Å²) in [6.07, 6.45) is 13.4. The molecule has 0 aromatic rings. The SMILES string of the molecule is CCCCCCC=C[C@H]1C=CC(=O)O1. The lowest BCUT2D eigenvalue weighted by Crippen LogP contribution is -2.03. The van der Waals surface area contributed by atoms with E-state index < -0.39 is 0 Å². The van der Waals surface area contributed by atoms with Gasteiger partial charge in [0.25, 0.3) is 0 Å². The minimum absolute atomic E-state index is 0.117. The normalized spacial score (nSPS) is 20.6. The van der Waals surface area contributed by atoms with Crippen molar-refractivity contribution in [3.05, 3.63) is 24.3 Å². The van der Waals surface area contributed by atoms with Crippen molar-refractivity contribution in [2.75, 3.05) is 0 Å². The summed E-state index contributed by atoms with van der Waals surface area (Å²) >= 11 is 0. The summed E-state index contributed by atoms with van der Waals surface area (Å²) in [5, 5.41) is 0. The molecule has 0 saturated carbocycles. The summed E-state index contributed by atoms with van der Waals surface area (Å²) in [5.74, 6) is -0.231. The molecule has 0 bridgehead atoms. The molecule has 2 nitrogen and oxygen atoms in total.